The zero-order valence-electron chi connectivity index (χ0n) is 17.0. The van der Waals surface area contributed by atoms with Crippen LogP contribution in [0.25, 0.3) is 11.3 Å². The maximum absolute atomic E-state index is 13.5. The molecule has 0 amide bonds. The third kappa shape index (κ3) is 6.02. The van der Waals surface area contributed by atoms with Gasteiger partial charge in [-0.1, -0.05) is 42.0 Å². The molecule has 0 atom stereocenters. The molecule has 0 spiro atoms. The molecule has 1 aliphatic rings. The van der Waals surface area contributed by atoms with Crippen molar-refractivity contribution >= 4 is 17.7 Å². The van der Waals surface area contributed by atoms with Gasteiger partial charge in [0, 0.05) is 32.9 Å². The number of hydrogen-bond acceptors (Lipinski definition) is 6. The number of para-hydroxylation sites is 1. The van der Waals surface area contributed by atoms with Gasteiger partial charge >= 0.3 is 0 Å². The molecule has 0 unspecified atom stereocenters. The molecule has 4 heterocycles. The Bertz CT molecular complexity index is 1260. The molecule has 176 valence electrons. The van der Waals surface area contributed by atoms with Gasteiger partial charge in [-0.15, -0.1) is 18.8 Å². The maximum Gasteiger partial charge on any atom is 0.128 e. The third-order valence-electron chi connectivity index (χ3n) is 4.21. The van der Waals surface area contributed by atoms with E-state index in [9.17, 15) is 17.6 Å². The second kappa shape index (κ2) is 11.5. The molecule has 0 aliphatic carbocycles. The van der Waals surface area contributed by atoms with Crippen LogP contribution >= 0.6 is 0 Å². The molecule has 5 rings (SSSR count). The normalized spacial score (nSPS) is 12.1. The Morgan fingerprint density at radius 1 is 0.794 bits per heavy atom. The first-order chi connectivity index (χ1) is 16.0. The summed E-state index contributed by atoms with van der Waals surface area (Å²) in [6, 6.07) is 21.3. The van der Waals surface area contributed by atoms with E-state index in [4.69, 9.17) is 0 Å². The van der Waals surface area contributed by atoms with Crippen LogP contribution < -0.4 is 9.91 Å². The molecule has 0 saturated heterocycles. The molecule has 0 N–H and O–H groups in total. The molecule has 3 aromatic heterocycles. The predicted molar refractivity (Wildman–Crippen MR) is 113 cm³/mol. The van der Waals surface area contributed by atoms with E-state index in [2.05, 4.69) is 32.2 Å². The van der Waals surface area contributed by atoms with Crippen LogP contribution in [0, 0.1) is 42.6 Å². The Kier molecular flexibility index (Phi) is 8.43. The standard InChI is InChI=1S/C13H8F2N4.C10H5F2N2.Pt/c14-12-7-6-11(13(15)17-12)19-9-18(8-16-19)10-4-2-1-3-5-10;11-9-5-4-7(10(12)14-9)8-3-1-2-6-13-8;/h1-5,7-9H;1-3,5-6H;/q-2;-1;. The quantitative estimate of drug-likeness (QED) is 0.183. The molecule has 0 fully saturated rings. The summed E-state index contributed by atoms with van der Waals surface area (Å²) in [6.07, 6.45) is 3.04. The zero-order chi connectivity index (χ0) is 23.2. The second-order valence-electron chi connectivity index (χ2n) is 6.40. The Morgan fingerprint density at radius 3 is 2.12 bits per heavy atom. The summed E-state index contributed by atoms with van der Waals surface area (Å²) in [5, 5.41) is 5.24. The Balaban J connectivity index is 0.000000193. The van der Waals surface area contributed by atoms with Crippen molar-refractivity contribution in [3.05, 3.63) is 109 Å². The van der Waals surface area contributed by atoms with Crippen LogP contribution in [0.5, 0.6) is 0 Å². The summed E-state index contributed by atoms with van der Waals surface area (Å²) >= 11 is 0. The second-order valence-corrected chi connectivity index (χ2v) is 6.40. The summed E-state index contributed by atoms with van der Waals surface area (Å²) < 4.78 is 51.8. The molecule has 0 radical (unpaired) electrons. The minimum absolute atomic E-state index is 0. The van der Waals surface area contributed by atoms with Crippen molar-refractivity contribution in [3.8, 4) is 11.3 Å². The number of anilines is 2. The number of benzene rings is 1. The van der Waals surface area contributed by atoms with Gasteiger partial charge in [0.1, 0.15) is 17.8 Å². The molecular formula is C23H13F4N6Pt-3. The van der Waals surface area contributed by atoms with Crippen LogP contribution in [-0.2, 0) is 21.1 Å². The minimum Gasteiger partial charge on any atom is -0.463 e. The summed E-state index contributed by atoms with van der Waals surface area (Å²) in [5.41, 5.74) is 1.31. The monoisotopic (exact) mass is 644 g/mol. The Hall–Kier alpha value is -3.65. The van der Waals surface area contributed by atoms with E-state index >= 15 is 0 Å². The average molecular weight is 644 g/mol. The van der Waals surface area contributed by atoms with Crippen molar-refractivity contribution in [1.29, 1.82) is 0 Å². The maximum atomic E-state index is 13.5. The number of rotatable bonds is 3. The first kappa shape index (κ1) is 25.0. The SMILES string of the molecule is Fc1c[c-]c(-c2ccccn2)c(F)n1.Fc1c[c-]c(N2[CH-]N(c3ccccc3)C=N2)c(F)n1.[Pt]. The van der Waals surface area contributed by atoms with E-state index < -0.39 is 23.8 Å². The van der Waals surface area contributed by atoms with Gasteiger partial charge in [-0.05, 0) is 29.6 Å². The first-order valence-corrected chi connectivity index (χ1v) is 9.42. The van der Waals surface area contributed by atoms with Crippen molar-refractivity contribution in [2.24, 2.45) is 5.10 Å². The molecule has 1 aliphatic heterocycles. The molecule has 1 aromatic carbocycles. The predicted octanol–water partition coefficient (Wildman–Crippen LogP) is 4.77. The van der Waals surface area contributed by atoms with Gasteiger partial charge in [-0.2, -0.15) is 11.2 Å². The van der Waals surface area contributed by atoms with Gasteiger partial charge in [0.15, 0.2) is 0 Å². The van der Waals surface area contributed by atoms with Crippen molar-refractivity contribution < 1.29 is 38.6 Å². The average Bonchev–Trinajstić information content (AvgIpc) is 3.31. The van der Waals surface area contributed by atoms with Crippen molar-refractivity contribution in [3.63, 3.8) is 0 Å². The molecule has 0 saturated carbocycles. The number of hydrazone groups is 1. The number of hydrogen-bond donors (Lipinski definition) is 0. The molecule has 6 nitrogen and oxygen atoms in total. The van der Waals surface area contributed by atoms with E-state index in [1.807, 2.05) is 30.3 Å². The first-order valence-electron chi connectivity index (χ1n) is 9.42. The van der Waals surface area contributed by atoms with Crippen LogP contribution in [0.15, 0.2) is 72.0 Å². The van der Waals surface area contributed by atoms with Crippen molar-refractivity contribution in [2.45, 2.75) is 0 Å². The van der Waals surface area contributed by atoms with Crippen LogP contribution in [0.1, 0.15) is 0 Å². The van der Waals surface area contributed by atoms with E-state index in [1.54, 1.807) is 29.8 Å². The van der Waals surface area contributed by atoms with Crippen LogP contribution in [0.4, 0.5) is 28.9 Å². The number of pyridine rings is 3. The molecule has 11 heteroatoms. The number of nitrogens with zero attached hydrogens (tertiary/aromatic N) is 6. The third-order valence-corrected chi connectivity index (χ3v) is 4.21. The minimum atomic E-state index is -0.955. The fraction of sp³-hybridized carbons (Fsp3) is 0. The smallest absolute Gasteiger partial charge is 0.128 e. The fourth-order valence-corrected chi connectivity index (χ4v) is 2.73. The summed E-state index contributed by atoms with van der Waals surface area (Å²) in [6.45, 7) is 1.56. The largest absolute Gasteiger partial charge is 0.463 e. The van der Waals surface area contributed by atoms with Crippen molar-refractivity contribution in [2.75, 3.05) is 9.91 Å². The van der Waals surface area contributed by atoms with Gasteiger partial charge in [0.05, 0.1) is 12.3 Å². The van der Waals surface area contributed by atoms with Gasteiger partial charge < -0.3 is 19.9 Å². The summed E-state index contributed by atoms with van der Waals surface area (Å²) in [4.78, 5) is 11.8. The van der Waals surface area contributed by atoms with Gasteiger partial charge in [-0.3, -0.25) is 13.8 Å². The molecule has 4 aromatic rings. The Labute approximate surface area is 206 Å². The molecule has 0 bridgehead atoms. The Morgan fingerprint density at radius 2 is 1.47 bits per heavy atom. The summed E-state index contributed by atoms with van der Waals surface area (Å²) in [5.74, 6) is -3.65. The van der Waals surface area contributed by atoms with Gasteiger partial charge in [-0.25, -0.2) is 8.78 Å². The number of aromatic nitrogens is 3. The summed E-state index contributed by atoms with van der Waals surface area (Å²) in [7, 11) is 0. The van der Waals surface area contributed by atoms with E-state index in [-0.39, 0.29) is 32.3 Å². The van der Waals surface area contributed by atoms with Crippen LogP contribution in [0.3, 0.4) is 0 Å². The molecular weight excluding hydrogens is 631 g/mol. The van der Waals surface area contributed by atoms with Gasteiger partial charge in [0.2, 0.25) is 0 Å². The van der Waals surface area contributed by atoms with Gasteiger partial charge in [0.25, 0.3) is 0 Å². The van der Waals surface area contributed by atoms with Crippen LogP contribution in [0.2, 0.25) is 0 Å². The van der Waals surface area contributed by atoms with E-state index in [1.165, 1.54) is 17.5 Å². The molecule has 34 heavy (non-hydrogen) atoms. The zero-order valence-corrected chi connectivity index (χ0v) is 19.3. The fourth-order valence-electron chi connectivity index (χ4n) is 2.73. The van der Waals surface area contributed by atoms with E-state index in [0.717, 1.165) is 17.8 Å². The topological polar surface area (TPSA) is 57.5 Å². The van der Waals surface area contributed by atoms with Crippen LogP contribution in [-0.4, -0.2) is 21.3 Å². The van der Waals surface area contributed by atoms with E-state index in [0.29, 0.717) is 5.69 Å². The number of halogens is 4. The van der Waals surface area contributed by atoms with Crippen molar-refractivity contribution in [1.82, 2.24) is 15.0 Å².